The summed E-state index contributed by atoms with van der Waals surface area (Å²) < 4.78 is 25.7. The summed E-state index contributed by atoms with van der Waals surface area (Å²) in [4.78, 5) is 6.57. The van der Waals surface area contributed by atoms with Gasteiger partial charge in [0.25, 0.3) is 0 Å². The molecule has 0 spiro atoms. The number of halogens is 1. The summed E-state index contributed by atoms with van der Waals surface area (Å²) in [5.41, 5.74) is 8.28. The van der Waals surface area contributed by atoms with E-state index in [0.717, 1.165) is 49.5 Å². The molecule has 1 saturated heterocycles. The predicted molar refractivity (Wildman–Crippen MR) is 109 cm³/mol. The average Bonchev–Trinajstić information content (AvgIpc) is 3.12. The van der Waals surface area contributed by atoms with Gasteiger partial charge in [-0.05, 0) is 37.1 Å². The molecule has 1 fully saturated rings. The summed E-state index contributed by atoms with van der Waals surface area (Å²) in [7, 11) is 0. The molecule has 2 aromatic rings. The molecule has 0 aromatic heterocycles. The maximum atomic E-state index is 14.4. The van der Waals surface area contributed by atoms with Gasteiger partial charge >= 0.3 is 0 Å². The van der Waals surface area contributed by atoms with Crippen molar-refractivity contribution in [3.63, 3.8) is 0 Å². The highest BCUT2D eigenvalue weighted by atomic mass is 19.1. The molecule has 2 aliphatic heterocycles. The van der Waals surface area contributed by atoms with E-state index in [0.29, 0.717) is 24.5 Å². The number of rotatable bonds is 4. The molecule has 0 amide bonds. The van der Waals surface area contributed by atoms with Gasteiger partial charge in [0.2, 0.25) is 0 Å². The fraction of sp³-hybridized carbons (Fsp3) is 0.381. The van der Waals surface area contributed by atoms with Crippen molar-refractivity contribution in [3.8, 4) is 11.5 Å². The van der Waals surface area contributed by atoms with E-state index in [1.165, 1.54) is 6.07 Å². The van der Waals surface area contributed by atoms with E-state index in [4.69, 9.17) is 15.2 Å². The Morgan fingerprint density at radius 3 is 2.68 bits per heavy atom. The molecule has 6 nitrogen and oxygen atoms in total. The number of hydrogen-bond acceptors (Lipinski definition) is 4. The molecule has 2 heterocycles. The lowest BCUT2D eigenvalue weighted by Crippen LogP contribution is -2.23. The highest BCUT2D eigenvalue weighted by molar-refractivity contribution is 5.92. The Kier molecular flexibility index (Phi) is 5.50. The number of nitrogens with one attached hydrogen (secondary N) is 1. The minimum absolute atomic E-state index is 0.182. The fourth-order valence-corrected chi connectivity index (χ4v) is 3.55. The molecule has 28 heavy (non-hydrogen) atoms. The van der Waals surface area contributed by atoms with Gasteiger partial charge in [-0.15, -0.1) is 0 Å². The Morgan fingerprint density at radius 1 is 1.07 bits per heavy atom. The minimum Gasteiger partial charge on any atom is -0.490 e. The summed E-state index contributed by atoms with van der Waals surface area (Å²) >= 11 is 0. The number of nitrogens with two attached hydrogens (primary N) is 1. The second-order valence-corrected chi connectivity index (χ2v) is 6.97. The van der Waals surface area contributed by atoms with E-state index >= 15 is 0 Å². The topological polar surface area (TPSA) is 72.1 Å². The number of ether oxygens (including phenoxy) is 2. The second kappa shape index (κ2) is 8.37. The first-order valence-electron chi connectivity index (χ1n) is 9.69. The van der Waals surface area contributed by atoms with Gasteiger partial charge in [-0.3, -0.25) is 0 Å². The summed E-state index contributed by atoms with van der Waals surface area (Å²) in [5, 5.41) is 3.05. The highest BCUT2D eigenvalue weighted by Crippen LogP contribution is 2.32. The molecule has 0 saturated carbocycles. The summed E-state index contributed by atoms with van der Waals surface area (Å²) in [6.45, 7) is 3.34. The van der Waals surface area contributed by atoms with Crippen molar-refractivity contribution in [2.75, 3.05) is 36.5 Å². The smallest absolute Gasteiger partial charge is 0.193 e. The van der Waals surface area contributed by atoms with E-state index in [1.54, 1.807) is 6.07 Å². The molecule has 0 unspecified atom stereocenters. The maximum Gasteiger partial charge on any atom is 0.193 e. The molecular formula is C21H25FN4O2. The Labute approximate surface area is 164 Å². The summed E-state index contributed by atoms with van der Waals surface area (Å²) in [5.74, 6) is 1.38. The number of hydrogen-bond donors (Lipinski definition) is 2. The zero-order chi connectivity index (χ0) is 19.3. The van der Waals surface area contributed by atoms with Crippen molar-refractivity contribution < 1.29 is 13.9 Å². The monoisotopic (exact) mass is 384 g/mol. The van der Waals surface area contributed by atoms with Crippen molar-refractivity contribution in [1.29, 1.82) is 0 Å². The molecule has 7 heteroatoms. The third-order valence-electron chi connectivity index (χ3n) is 4.97. The standard InChI is InChI=1S/C21H25FN4O2/c22-17-5-3-6-18(26-9-1-2-10-26)16(17)14-24-21(23)25-15-7-8-19-20(13-15)28-12-4-11-27-19/h3,5-8,13H,1-2,4,9-12,14H2,(H3,23,24,25). The van der Waals surface area contributed by atoms with Crippen LogP contribution >= 0.6 is 0 Å². The van der Waals surface area contributed by atoms with Crippen LogP contribution in [0.1, 0.15) is 24.8 Å². The van der Waals surface area contributed by atoms with Gasteiger partial charge in [0.15, 0.2) is 17.5 Å². The van der Waals surface area contributed by atoms with Gasteiger partial charge in [-0.2, -0.15) is 0 Å². The Balaban J connectivity index is 1.48. The summed E-state index contributed by atoms with van der Waals surface area (Å²) in [6, 6.07) is 10.7. The highest BCUT2D eigenvalue weighted by Gasteiger charge is 2.18. The van der Waals surface area contributed by atoms with Crippen LogP contribution in [0.25, 0.3) is 0 Å². The number of nitrogens with zero attached hydrogens (tertiary/aromatic N) is 2. The molecule has 4 rings (SSSR count). The van der Waals surface area contributed by atoms with Crippen LogP contribution in [0.4, 0.5) is 15.8 Å². The number of aliphatic imine (C=N–C) groups is 1. The van der Waals surface area contributed by atoms with E-state index in [1.807, 2.05) is 24.3 Å². The van der Waals surface area contributed by atoms with Crippen molar-refractivity contribution in [2.24, 2.45) is 10.7 Å². The Morgan fingerprint density at radius 2 is 1.86 bits per heavy atom. The minimum atomic E-state index is -0.253. The van der Waals surface area contributed by atoms with E-state index in [9.17, 15) is 4.39 Å². The molecule has 148 valence electrons. The lowest BCUT2D eigenvalue weighted by Gasteiger charge is -2.21. The van der Waals surface area contributed by atoms with Crippen molar-refractivity contribution in [2.45, 2.75) is 25.8 Å². The first-order chi connectivity index (χ1) is 13.7. The third-order valence-corrected chi connectivity index (χ3v) is 4.97. The third kappa shape index (κ3) is 4.13. The lowest BCUT2D eigenvalue weighted by atomic mass is 10.1. The zero-order valence-corrected chi connectivity index (χ0v) is 15.8. The molecule has 2 aromatic carbocycles. The van der Waals surface area contributed by atoms with Crippen molar-refractivity contribution in [3.05, 3.63) is 47.8 Å². The average molecular weight is 384 g/mol. The van der Waals surface area contributed by atoms with Crippen molar-refractivity contribution in [1.82, 2.24) is 0 Å². The van der Waals surface area contributed by atoms with Gasteiger partial charge < -0.3 is 25.4 Å². The van der Waals surface area contributed by atoms with Crippen LogP contribution in [0.5, 0.6) is 11.5 Å². The Hall–Kier alpha value is -2.96. The van der Waals surface area contributed by atoms with Gasteiger partial charge in [0.1, 0.15) is 5.82 Å². The molecule has 0 bridgehead atoms. The number of anilines is 2. The first-order valence-corrected chi connectivity index (χ1v) is 9.69. The maximum absolute atomic E-state index is 14.4. The van der Waals surface area contributed by atoms with Crippen LogP contribution in [0, 0.1) is 5.82 Å². The molecular weight excluding hydrogens is 359 g/mol. The molecule has 0 aliphatic carbocycles. The second-order valence-electron chi connectivity index (χ2n) is 6.97. The van der Waals surface area contributed by atoms with Crippen molar-refractivity contribution >= 4 is 17.3 Å². The SMILES string of the molecule is NC(=NCc1c(F)cccc1N1CCCC1)Nc1ccc2c(c1)OCCCO2. The lowest BCUT2D eigenvalue weighted by molar-refractivity contribution is 0.297. The molecule has 2 aliphatic rings. The van der Waals surface area contributed by atoms with Crippen LogP contribution in [-0.4, -0.2) is 32.3 Å². The quantitative estimate of drug-likeness (QED) is 0.623. The number of benzene rings is 2. The van der Waals surface area contributed by atoms with Gasteiger partial charge in [-0.1, -0.05) is 6.07 Å². The Bertz CT molecular complexity index is 865. The van der Waals surface area contributed by atoms with Gasteiger partial charge in [0, 0.05) is 42.5 Å². The van der Waals surface area contributed by atoms with Crippen LogP contribution in [-0.2, 0) is 6.54 Å². The number of fused-ring (bicyclic) bond motifs is 1. The van der Waals surface area contributed by atoms with Crippen LogP contribution in [0.15, 0.2) is 41.4 Å². The van der Waals surface area contributed by atoms with Crippen LogP contribution < -0.4 is 25.4 Å². The zero-order valence-electron chi connectivity index (χ0n) is 15.8. The van der Waals surface area contributed by atoms with Crippen LogP contribution in [0.3, 0.4) is 0 Å². The normalized spacial score (nSPS) is 16.8. The summed E-state index contributed by atoms with van der Waals surface area (Å²) in [6.07, 6.45) is 3.11. The van der Waals surface area contributed by atoms with Crippen LogP contribution in [0.2, 0.25) is 0 Å². The van der Waals surface area contributed by atoms with Gasteiger partial charge in [-0.25, -0.2) is 9.38 Å². The van der Waals surface area contributed by atoms with E-state index < -0.39 is 0 Å². The molecule has 3 N–H and O–H groups in total. The van der Waals surface area contributed by atoms with Gasteiger partial charge in [0.05, 0.1) is 19.8 Å². The predicted octanol–water partition coefficient (Wildman–Crippen LogP) is 3.51. The number of guanidine groups is 1. The van der Waals surface area contributed by atoms with E-state index in [-0.39, 0.29) is 18.3 Å². The molecule has 0 radical (unpaired) electrons. The fourth-order valence-electron chi connectivity index (χ4n) is 3.55. The van der Waals surface area contributed by atoms with E-state index in [2.05, 4.69) is 15.2 Å². The molecule has 0 atom stereocenters. The first kappa shape index (κ1) is 18.4. The largest absolute Gasteiger partial charge is 0.490 e.